The molecule has 1 aliphatic rings. The van der Waals surface area contributed by atoms with Gasteiger partial charge in [0.15, 0.2) is 0 Å². The third kappa shape index (κ3) is 5.07. The Morgan fingerprint density at radius 1 is 1.18 bits per heavy atom. The fourth-order valence-corrected chi connectivity index (χ4v) is 5.49. The summed E-state index contributed by atoms with van der Waals surface area (Å²) < 4.78 is 3.65. The first-order valence-electron chi connectivity index (χ1n) is 13.2. The number of hydrogen-bond donors (Lipinski definition) is 2. The van der Waals surface area contributed by atoms with Crippen LogP contribution >= 0.6 is 0 Å². The van der Waals surface area contributed by atoms with Crippen molar-refractivity contribution in [1.82, 2.24) is 24.4 Å². The highest BCUT2D eigenvalue weighted by Gasteiger charge is 2.30. The number of nitrogens with zero attached hydrogens (tertiary/aromatic N) is 4. The van der Waals surface area contributed by atoms with E-state index in [9.17, 15) is 14.7 Å². The normalized spacial score (nSPS) is 15.0. The molecular weight excluding hydrogens is 478 g/mol. The van der Waals surface area contributed by atoms with Crippen molar-refractivity contribution in [2.75, 3.05) is 6.54 Å². The van der Waals surface area contributed by atoms with Crippen LogP contribution in [0.3, 0.4) is 0 Å². The SMILES string of the molecule is Cc1nc2cnc3ccc(C#CCNC(=O)c4cccn(CC5(O)CCCCC5)c4=O)cc3c2n1C(C)C. The van der Waals surface area contributed by atoms with E-state index in [0.29, 0.717) is 12.8 Å². The maximum Gasteiger partial charge on any atom is 0.263 e. The monoisotopic (exact) mass is 511 g/mol. The third-order valence-corrected chi connectivity index (χ3v) is 7.29. The van der Waals surface area contributed by atoms with Gasteiger partial charge in [-0.2, -0.15) is 0 Å². The Labute approximate surface area is 221 Å². The Kier molecular flexibility index (Phi) is 7.04. The number of fused-ring (bicyclic) bond motifs is 3. The number of carbonyl (C=O) groups excluding carboxylic acids is 1. The molecule has 1 fully saturated rings. The molecule has 0 radical (unpaired) electrons. The lowest BCUT2D eigenvalue weighted by Crippen LogP contribution is -2.41. The van der Waals surface area contributed by atoms with Crippen LogP contribution in [0, 0.1) is 18.8 Å². The van der Waals surface area contributed by atoms with E-state index >= 15 is 0 Å². The molecule has 1 saturated carbocycles. The van der Waals surface area contributed by atoms with E-state index in [1.165, 1.54) is 10.6 Å². The second kappa shape index (κ2) is 10.4. The van der Waals surface area contributed by atoms with Gasteiger partial charge in [0, 0.05) is 23.2 Å². The van der Waals surface area contributed by atoms with Crippen molar-refractivity contribution < 1.29 is 9.90 Å². The van der Waals surface area contributed by atoms with Crippen molar-refractivity contribution in [3.63, 3.8) is 0 Å². The average molecular weight is 512 g/mol. The zero-order valence-corrected chi connectivity index (χ0v) is 22.1. The number of aliphatic hydroxyl groups is 1. The minimum absolute atomic E-state index is 0.0465. The predicted octanol–water partition coefficient (Wildman–Crippen LogP) is 4.11. The van der Waals surface area contributed by atoms with E-state index < -0.39 is 17.1 Å². The first kappa shape index (κ1) is 25.7. The molecule has 3 heterocycles. The number of hydrogen-bond acceptors (Lipinski definition) is 5. The van der Waals surface area contributed by atoms with E-state index in [1.807, 2.05) is 25.1 Å². The van der Waals surface area contributed by atoms with Crippen molar-refractivity contribution in [2.45, 2.75) is 71.1 Å². The molecule has 0 saturated heterocycles. The standard InChI is InChI=1S/C30H33N5O3/c1-20(2)35-21(3)33-26-18-32-25-12-11-22(17-24(25)27(26)35)9-7-15-31-28(36)23-10-8-16-34(29(23)37)19-30(38)13-5-4-6-14-30/h8,10-12,16-18,20,38H,4-6,13-15,19H2,1-3H3,(H,31,36). The van der Waals surface area contributed by atoms with Gasteiger partial charge in [0.25, 0.3) is 11.5 Å². The van der Waals surface area contributed by atoms with Crippen LogP contribution in [-0.4, -0.2) is 42.3 Å². The predicted molar refractivity (Wildman–Crippen MR) is 148 cm³/mol. The van der Waals surface area contributed by atoms with Crippen molar-refractivity contribution in [3.8, 4) is 11.8 Å². The number of aryl methyl sites for hydroxylation is 1. The highest BCUT2D eigenvalue weighted by molar-refractivity contribution is 6.03. The quantitative estimate of drug-likeness (QED) is 0.393. The largest absolute Gasteiger partial charge is 0.388 e. The lowest BCUT2D eigenvalue weighted by atomic mass is 9.85. The molecule has 4 aromatic rings. The Hall–Kier alpha value is -3.96. The number of aromatic nitrogens is 4. The molecule has 196 valence electrons. The summed E-state index contributed by atoms with van der Waals surface area (Å²) in [4.78, 5) is 34.9. The average Bonchev–Trinajstić information content (AvgIpc) is 3.24. The van der Waals surface area contributed by atoms with Gasteiger partial charge in [-0.15, -0.1) is 0 Å². The van der Waals surface area contributed by atoms with E-state index in [1.54, 1.807) is 18.5 Å². The van der Waals surface area contributed by atoms with E-state index in [-0.39, 0.29) is 24.7 Å². The van der Waals surface area contributed by atoms with E-state index in [4.69, 9.17) is 0 Å². The minimum atomic E-state index is -0.894. The van der Waals surface area contributed by atoms with Crippen molar-refractivity contribution in [1.29, 1.82) is 0 Å². The van der Waals surface area contributed by atoms with Crippen molar-refractivity contribution in [3.05, 3.63) is 70.0 Å². The summed E-state index contributed by atoms with van der Waals surface area (Å²) in [5, 5.41) is 14.6. The second-order valence-corrected chi connectivity index (χ2v) is 10.5. The van der Waals surface area contributed by atoms with Crippen molar-refractivity contribution in [2.24, 2.45) is 0 Å². The molecule has 1 aromatic carbocycles. The van der Waals surface area contributed by atoms with Gasteiger partial charge >= 0.3 is 0 Å². The summed E-state index contributed by atoms with van der Waals surface area (Å²) in [7, 11) is 0. The maximum atomic E-state index is 12.9. The molecular formula is C30H33N5O3. The lowest BCUT2D eigenvalue weighted by molar-refractivity contribution is -0.0123. The summed E-state index contributed by atoms with van der Waals surface area (Å²) >= 11 is 0. The van der Waals surface area contributed by atoms with Crippen LogP contribution in [-0.2, 0) is 6.54 Å². The fraction of sp³-hybridized carbons (Fsp3) is 0.400. The number of pyridine rings is 2. The molecule has 5 rings (SSSR count). The summed E-state index contributed by atoms with van der Waals surface area (Å²) in [5.74, 6) is 6.56. The third-order valence-electron chi connectivity index (χ3n) is 7.29. The van der Waals surface area contributed by atoms with Gasteiger partial charge in [-0.3, -0.25) is 14.6 Å². The van der Waals surface area contributed by atoms with Crippen LogP contribution in [0.5, 0.6) is 0 Å². The maximum absolute atomic E-state index is 12.9. The van der Waals surface area contributed by atoms with Crippen LogP contribution in [0.2, 0.25) is 0 Å². The first-order valence-corrected chi connectivity index (χ1v) is 13.2. The molecule has 0 bridgehead atoms. The molecule has 0 spiro atoms. The Morgan fingerprint density at radius 3 is 2.74 bits per heavy atom. The van der Waals surface area contributed by atoms with Gasteiger partial charge in [0.05, 0.1) is 35.9 Å². The van der Waals surface area contributed by atoms with Crippen LogP contribution in [0.15, 0.2) is 47.5 Å². The number of benzene rings is 1. The van der Waals surface area contributed by atoms with Gasteiger partial charge in [0.2, 0.25) is 0 Å². The summed E-state index contributed by atoms with van der Waals surface area (Å²) in [6.07, 6.45) is 7.76. The molecule has 2 N–H and O–H groups in total. The van der Waals surface area contributed by atoms with Crippen LogP contribution in [0.4, 0.5) is 0 Å². The zero-order chi connectivity index (χ0) is 26.9. The molecule has 38 heavy (non-hydrogen) atoms. The Morgan fingerprint density at radius 2 is 1.97 bits per heavy atom. The number of nitrogens with one attached hydrogen (secondary N) is 1. The van der Waals surface area contributed by atoms with Crippen LogP contribution in [0.1, 0.15) is 73.7 Å². The number of imidazole rings is 1. The topological polar surface area (TPSA) is 102 Å². The molecule has 8 nitrogen and oxygen atoms in total. The molecule has 3 aromatic heterocycles. The number of rotatable bonds is 5. The van der Waals surface area contributed by atoms with Gasteiger partial charge < -0.3 is 19.6 Å². The fourth-order valence-electron chi connectivity index (χ4n) is 5.49. The van der Waals surface area contributed by atoms with Gasteiger partial charge in [-0.05, 0) is 63.9 Å². The number of carbonyl (C=O) groups is 1. The van der Waals surface area contributed by atoms with Gasteiger partial charge in [-0.25, -0.2) is 4.98 Å². The highest BCUT2D eigenvalue weighted by Crippen LogP contribution is 2.29. The summed E-state index contributed by atoms with van der Waals surface area (Å²) in [6, 6.07) is 9.28. The van der Waals surface area contributed by atoms with E-state index in [0.717, 1.165) is 52.6 Å². The molecule has 0 aliphatic heterocycles. The smallest absolute Gasteiger partial charge is 0.263 e. The highest BCUT2D eigenvalue weighted by atomic mass is 16.3. The van der Waals surface area contributed by atoms with Gasteiger partial charge in [-0.1, -0.05) is 31.1 Å². The minimum Gasteiger partial charge on any atom is -0.388 e. The Balaban J connectivity index is 1.32. The second-order valence-electron chi connectivity index (χ2n) is 10.5. The van der Waals surface area contributed by atoms with Crippen LogP contribution < -0.4 is 10.9 Å². The van der Waals surface area contributed by atoms with Crippen LogP contribution in [0.25, 0.3) is 21.9 Å². The molecule has 1 amide bonds. The van der Waals surface area contributed by atoms with Crippen molar-refractivity contribution >= 4 is 27.8 Å². The molecule has 1 aliphatic carbocycles. The number of amides is 1. The molecule has 8 heteroatoms. The molecule has 0 unspecified atom stereocenters. The Bertz CT molecular complexity index is 1630. The summed E-state index contributed by atoms with van der Waals surface area (Å²) in [6.45, 7) is 6.56. The van der Waals surface area contributed by atoms with E-state index in [2.05, 4.69) is 45.5 Å². The molecule has 0 atom stereocenters. The summed E-state index contributed by atoms with van der Waals surface area (Å²) in [5.41, 5.74) is 2.32. The zero-order valence-electron chi connectivity index (χ0n) is 22.1. The lowest BCUT2D eigenvalue weighted by Gasteiger charge is -2.32. The first-order chi connectivity index (χ1) is 18.3. The van der Waals surface area contributed by atoms with Gasteiger partial charge in [0.1, 0.15) is 16.9 Å².